The van der Waals surface area contributed by atoms with Crippen molar-refractivity contribution >= 4 is 38.2 Å². The molecule has 0 saturated carbocycles. The van der Waals surface area contributed by atoms with Gasteiger partial charge in [0.05, 0.1) is 16.7 Å². The normalized spacial score (nSPS) is 13.1. The average molecular weight is 523 g/mol. The number of aryl methyl sites for hydroxylation is 1. The van der Waals surface area contributed by atoms with E-state index in [0.29, 0.717) is 40.8 Å². The van der Waals surface area contributed by atoms with Crippen LogP contribution in [0.2, 0.25) is 0 Å². The van der Waals surface area contributed by atoms with Gasteiger partial charge in [0.2, 0.25) is 15.9 Å². The third-order valence-electron chi connectivity index (χ3n) is 6.25. The van der Waals surface area contributed by atoms with Gasteiger partial charge in [0.1, 0.15) is 5.82 Å². The first-order chi connectivity index (χ1) is 17.7. The number of H-pyrrole nitrogens is 1. The molecule has 0 radical (unpaired) electrons. The number of nitrogens with one attached hydrogen (secondary N) is 2. The van der Waals surface area contributed by atoms with Gasteiger partial charge < -0.3 is 4.90 Å². The molecular formula is C26H23FN4O5S. The molecule has 4 aromatic rings. The smallest absolute Gasteiger partial charge is 0.312 e. The van der Waals surface area contributed by atoms with E-state index in [1.807, 2.05) is 0 Å². The molecule has 37 heavy (non-hydrogen) atoms. The number of halogens is 1. The van der Waals surface area contributed by atoms with Gasteiger partial charge in [-0.25, -0.2) is 17.6 Å². The van der Waals surface area contributed by atoms with Crippen molar-refractivity contribution in [2.24, 2.45) is 0 Å². The van der Waals surface area contributed by atoms with E-state index in [-0.39, 0.29) is 24.6 Å². The lowest BCUT2D eigenvalue weighted by molar-refractivity contribution is -0.118. The van der Waals surface area contributed by atoms with Gasteiger partial charge in [0.15, 0.2) is 0 Å². The lowest BCUT2D eigenvalue weighted by atomic mass is 10.1. The maximum absolute atomic E-state index is 13.4. The summed E-state index contributed by atoms with van der Waals surface area (Å²) in [6.45, 7) is 0.522. The van der Waals surface area contributed by atoms with Crippen molar-refractivity contribution in [2.75, 3.05) is 16.2 Å². The second-order valence-corrected chi connectivity index (χ2v) is 10.5. The molecule has 1 aromatic heterocycles. The lowest BCUT2D eigenvalue weighted by Gasteiger charge is -2.18. The van der Waals surface area contributed by atoms with Crippen LogP contribution in [0, 0.1) is 5.82 Å². The quantitative estimate of drug-likeness (QED) is 0.387. The van der Waals surface area contributed by atoms with Crippen molar-refractivity contribution in [3.8, 4) is 0 Å². The number of amides is 1. The van der Waals surface area contributed by atoms with Gasteiger partial charge >= 0.3 is 5.69 Å². The third-order valence-corrected chi connectivity index (χ3v) is 7.51. The predicted octanol–water partition coefficient (Wildman–Crippen LogP) is 2.75. The van der Waals surface area contributed by atoms with E-state index < -0.39 is 27.1 Å². The summed E-state index contributed by atoms with van der Waals surface area (Å²) in [7, 11) is -3.77. The largest absolute Gasteiger partial charge is 0.328 e. The molecule has 5 rings (SSSR count). The summed E-state index contributed by atoms with van der Waals surface area (Å²) < 4.78 is 42.4. The van der Waals surface area contributed by atoms with Crippen LogP contribution in [0.5, 0.6) is 0 Å². The standard InChI is InChI=1S/C26H23FN4O5S/c27-19-5-3-4-17(14-19)16-37(35,36)29-20-8-9-22-18(15-20)10-12-30(22)24(32)11-13-31-23-7-2-1-6-21(23)25(33)28-26(31)34/h1-9,14-15,29H,10-13,16H2,(H,28,33,34). The van der Waals surface area contributed by atoms with Crippen molar-refractivity contribution in [3.63, 3.8) is 0 Å². The Balaban J connectivity index is 1.29. The first-order valence-corrected chi connectivity index (χ1v) is 13.3. The number of carbonyl (C=O) groups is 1. The number of aromatic nitrogens is 2. The maximum atomic E-state index is 13.4. The molecule has 1 aliphatic rings. The molecule has 2 N–H and O–H groups in total. The van der Waals surface area contributed by atoms with Crippen LogP contribution in [0.4, 0.5) is 15.8 Å². The predicted molar refractivity (Wildman–Crippen MR) is 139 cm³/mol. The highest BCUT2D eigenvalue weighted by Gasteiger charge is 2.25. The maximum Gasteiger partial charge on any atom is 0.328 e. The Morgan fingerprint density at radius 3 is 2.65 bits per heavy atom. The van der Waals surface area contributed by atoms with Gasteiger partial charge in [-0.05, 0) is 60.0 Å². The molecule has 9 nitrogen and oxygen atoms in total. The minimum atomic E-state index is -3.77. The summed E-state index contributed by atoms with van der Waals surface area (Å²) in [5.74, 6) is -1.07. The Hall–Kier alpha value is -4.25. The molecule has 3 aromatic carbocycles. The first kappa shape index (κ1) is 24.4. The van der Waals surface area contributed by atoms with Crippen LogP contribution in [0.15, 0.2) is 76.3 Å². The SMILES string of the molecule is O=C(CCn1c(=O)[nH]c(=O)c2ccccc21)N1CCc2cc(NS(=O)(=O)Cc3cccc(F)c3)ccc21. The zero-order valence-electron chi connectivity index (χ0n) is 19.6. The zero-order valence-corrected chi connectivity index (χ0v) is 20.4. The van der Waals surface area contributed by atoms with Crippen molar-refractivity contribution in [2.45, 2.75) is 25.1 Å². The number of benzene rings is 3. The van der Waals surface area contributed by atoms with Crippen LogP contribution >= 0.6 is 0 Å². The summed E-state index contributed by atoms with van der Waals surface area (Å²) >= 11 is 0. The number of para-hydroxylation sites is 1. The second kappa shape index (κ2) is 9.66. The van der Waals surface area contributed by atoms with Crippen LogP contribution in [0.25, 0.3) is 10.9 Å². The van der Waals surface area contributed by atoms with E-state index >= 15 is 0 Å². The van der Waals surface area contributed by atoms with Crippen LogP contribution in [0.3, 0.4) is 0 Å². The number of anilines is 2. The van der Waals surface area contributed by atoms with Crippen LogP contribution in [0.1, 0.15) is 17.5 Å². The highest BCUT2D eigenvalue weighted by atomic mass is 32.2. The zero-order chi connectivity index (χ0) is 26.2. The molecular weight excluding hydrogens is 499 g/mol. The average Bonchev–Trinajstić information content (AvgIpc) is 3.26. The minimum Gasteiger partial charge on any atom is -0.312 e. The monoisotopic (exact) mass is 522 g/mol. The number of hydrogen-bond donors (Lipinski definition) is 2. The summed E-state index contributed by atoms with van der Waals surface area (Å²) in [5.41, 5.74) is 1.59. The number of nitrogens with zero attached hydrogens (tertiary/aromatic N) is 2. The second-order valence-electron chi connectivity index (χ2n) is 8.81. The Morgan fingerprint density at radius 1 is 1.03 bits per heavy atom. The van der Waals surface area contributed by atoms with E-state index in [4.69, 9.17) is 0 Å². The third kappa shape index (κ3) is 5.17. The van der Waals surface area contributed by atoms with Gasteiger partial charge in [-0.2, -0.15) is 0 Å². The van der Waals surface area contributed by atoms with Crippen molar-refractivity contribution in [1.82, 2.24) is 9.55 Å². The van der Waals surface area contributed by atoms with Crippen molar-refractivity contribution in [3.05, 3.63) is 105 Å². The molecule has 1 amide bonds. The molecule has 2 heterocycles. The fraction of sp³-hybridized carbons (Fsp3) is 0.192. The molecule has 190 valence electrons. The Labute approximate surface area is 211 Å². The molecule has 0 unspecified atom stereocenters. The highest BCUT2D eigenvalue weighted by Crippen LogP contribution is 2.31. The number of sulfonamides is 1. The fourth-order valence-electron chi connectivity index (χ4n) is 4.59. The molecule has 0 bridgehead atoms. The molecule has 0 aliphatic carbocycles. The lowest BCUT2D eigenvalue weighted by Crippen LogP contribution is -2.34. The number of carbonyl (C=O) groups excluding carboxylic acids is 1. The topological polar surface area (TPSA) is 121 Å². The minimum absolute atomic E-state index is 0.0391. The van der Waals surface area contributed by atoms with Gasteiger partial charge in [-0.15, -0.1) is 0 Å². The number of rotatable bonds is 7. The molecule has 11 heteroatoms. The molecule has 0 saturated heterocycles. The summed E-state index contributed by atoms with van der Waals surface area (Å²) in [4.78, 5) is 41.4. The van der Waals surface area contributed by atoms with E-state index in [1.165, 1.54) is 22.8 Å². The van der Waals surface area contributed by atoms with Crippen LogP contribution in [-0.2, 0) is 33.5 Å². The van der Waals surface area contributed by atoms with E-state index in [9.17, 15) is 27.2 Å². The number of hydrogen-bond acceptors (Lipinski definition) is 5. The summed E-state index contributed by atoms with van der Waals surface area (Å²) in [6.07, 6.45) is 0.583. The van der Waals surface area contributed by atoms with Crippen LogP contribution in [-0.4, -0.2) is 30.4 Å². The van der Waals surface area contributed by atoms with E-state index in [1.54, 1.807) is 53.4 Å². The Morgan fingerprint density at radius 2 is 1.84 bits per heavy atom. The number of aromatic amines is 1. The highest BCUT2D eigenvalue weighted by molar-refractivity contribution is 7.91. The fourth-order valence-corrected chi connectivity index (χ4v) is 5.77. The van der Waals surface area contributed by atoms with Crippen molar-refractivity contribution in [1.29, 1.82) is 0 Å². The van der Waals surface area contributed by atoms with E-state index in [2.05, 4.69) is 9.71 Å². The Bertz CT molecular complexity index is 1750. The molecule has 0 fully saturated rings. The molecule has 0 atom stereocenters. The molecule has 0 spiro atoms. The van der Waals surface area contributed by atoms with Gasteiger partial charge in [0, 0.05) is 30.9 Å². The van der Waals surface area contributed by atoms with Crippen LogP contribution < -0.4 is 20.9 Å². The Kier molecular flexibility index (Phi) is 6.38. The first-order valence-electron chi connectivity index (χ1n) is 11.6. The van der Waals surface area contributed by atoms with E-state index in [0.717, 1.165) is 5.56 Å². The van der Waals surface area contributed by atoms with Gasteiger partial charge in [0.25, 0.3) is 5.56 Å². The van der Waals surface area contributed by atoms with Gasteiger partial charge in [-0.3, -0.25) is 23.9 Å². The van der Waals surface area contributed by atoms with Gasteiger partial charge in [-0.1, -0.05) is 24.3 Å². The summed E-state index contributed by atoms with van der Waals surface area (Å²) in [5, 5.41) is 0.369. The molecule has 1 aliphatic heterocycles. The summed E-state index contributed by atoms with van der Waals surface area (Å²) in [6, 6.07) is 17.1. The number of fused-ring (bicyclic) bond motifs is 2. The van der Waals surface area contributed by atoms with Crippen molar-refractivity contribution < 1.29 is 17.6 Å².